The molecule has 0 spiro atoms. The third kappa shape index (κ3) is 3.12. The summed E-state index contributed by atoms with van der Waals surface area (Å²) in [5.41, 5.74) is 7.16. The Hall–Kier alpha value is -2.04. The Morgan fingerprint density at radius 3 is 2.44 bits per heavy atom. The van der Waals surface area contributed by atoms with Crippen molar-refractivity contribution in [3.8, 4) is 0 Å². The molecule has 0 radical (unpaired) electrons. The summed E-state index contributed by atoms with van der Waals surface area (Å²) in [6.45, 7) is 0. The zero-order chi connectivity index (χ0) is 17.4. The molecule has 2 fully saturated rings. The van der Waals surface area contributed by atoms with Crippen molar-refractivity contribution in [1.82, 2.24) is 4.57 Å². The molecule has 2 aliphatic rings. The number of rotatable bonds is 3. The van der Waals surface area contributed by atoms with Gasteiger partial charge >= 0.3 is 0 Å². The zero-order valence-electron chi connectivity index (χ0n) is 14.6. The molecule has 0 bridgehead atoms. The molecule has 2 aromatic rings. The van der Waals surface area contributed by atoms with E-state index in [4.69, 9.17) is 5.73 Å². The van der Waals surface area contributed by atoms with Crippen LogP contribution in [0.2, 0.25) is 0 Å². The van der Waals surface area contributed by atoms with Crippen molar-refractivity contribution in [3.05, 3.63) is 34.4 Å². The van der Waals surface area contributed by atoms with E-state index in [2.05, 4.69) is 9.88 Å². The number of halogens is 1. The van der Waals surface area contributed by atoms with Gasteiger partial charge in [-0.2, -0.15) is 0 Å². The molecule has 0 saturated heterocycles. The van der Waals surface area contributed by atoms with Gasteiger partial charge in [0, 0.05) is 18.3 Å². The molecule has 2 saturated carbocycles. The summed E-state index contributed by atoms with van der Waals surface area (Å²) >= 11 is 0. The van der Waals surface area contributed by atoms with E-state index in [-0.39, 0.29) is 16.9 Å². The van der Waals surface area contributed by atoms with E-state index >= 15 is 0 Å². The van der Waals surface area contributed by atoms with Crippen molar-refractivity contribution in [2.24, 2.45) is 0 Å². The highest BCUT2D eigenvalue weighted by molar-refractivity contribution is 5.85. The third-order valence-corrected chi connectivity index (χ3v) is 5.83. The molecule has 3 N–H and O–H groups in total. The minimum Gasteiger partial charge on any atom is -0.394 e. The summed E-state index contributed by atoms with van der Waals surface area (Å²) in [6.07, 6.45) is 12.1. The summed E-state index contributed by atoms with van der Waals surface area (Å²) in [4.78, 5) is 12.4. The Morgan fingerprint density at radius 2 is 1.72 bits per heavy atom. The lowest BCUT2D eigenvalue weighted by Crippen LogP contribution is -2.23. The van der Waals surface area contributed by atoms with E-state index in [0.717, 1.165) is 31.2 Å². The van der Waals surface area contributed by atoms with E-state index < -0.39 is 0 Å². The number of benzene rings is 1. The normalized spacial score (nSPS) is 19.6. The van der Waals surface area contributed by atoms with Crippen LogP contribution < -0.4 is 16.5 Å². The largest absolute Gasteiger partial charge is 0.394 e. The van der Waals surface area contributed by atoms with E-state index in [1.54, 1.807) is 6.20 Å². The van der Waals surface area contributed by atoms with Gasteiger partial charge in [0.1, 0.15) is 5.82 Å². The second-order valence-corrected chi connectivity index (χ2v) is 7.59. The lowest BCUT2D eigenvalue weighted by molar-refractivity contribution is 0.460. The van der Waals surface area contributed by atoms with Gasteiger partial charge in [-0.05, 0) is 37.8 Å². The number of nitrogens with one attached hydrogen (secondary N) is 1. The first kappa shape index (κ1) is 16.4. The quantitative estimate of drug-likeness (QED) is 0.857. The van der Waals surface area contributed by atoms with Gasteiger partial charge in [-0.25, -0.2) is 4.39 Å². The average Bonchev–Trinajstić information content (AvgIpc) is 3.15. The SMILES string of the molecule is Nc1cn(C2CCCC2)c2cc(NC3CCCCC3)c(F)cc2c1=O. The molecule has 5 heteroatoms. The second kappa shape index (κ2) is 6.70. The number of hydrogen-bond donors (Lipinski definition) is 2. The van der Waals surface area contributed by atoms with Crippen LogP contribution in [0.4, 0.5) is 15.8 Å². The fourth-order valence-corrected chi connectivity index (χ4v) is 4.45. The summed E-state index contributed by atoms with van der Waals surface area (Å²) in [7, 11) is 0. The molecule has 1 heterocycles. The van der Waals surface area contributed by atoms with Gasteiger partial charge in [0.05, 0.1) is 22.3 Å². The molecule has 1 aromatic heterocycles. The topological polar surface area (TPSA) is 60.0 Å². The molecular weight excluding hydrogens is 317 g/mol. The molecule has 0 aliphatic heterocycles. The van der Waals surface area contributed by atoms with Crippen LogP contribution in [-0.2, 0) is 0 Å². The second-order valence-electron chi connectivity index (χ2n) is 7.59. The summed E-state index contributed by atoms with van der Waals surface area (Å²) in [6, 6.07) is 3.85. The van der Waals surface area contributed by atoms with Crippen LogP contribution in [0.25, 0.3) is 10.9 Å². The number of nitrogens with two attached hydrogens (primary N) is 1. The zero-order valence-corrected chi connectivity index (χ0v) is 14.6. The molecule has 2 aliphatic carbocycles. The molecule has 4 rings (SSSR count). The number of nitrogens with zero attached hydrogens (tertiary/aromatic N) is 1. The maximum atomic E-state index is 14.6. The van der Waals surface area contributed by atoms with E-state index in [0.29, 0.717) is 23.2 Å². The lowest BCUT2D eigenvalue weighted by Gasteiger charge is -2.25. The Balaban J connectivity index is 1.80. The maximum absolute atomic E-state index is 14.6. The van der Waals surface area contributed by atoms with Gasteiger partial charge in [-0.3, -0.25) is 4.79 Å². The summed E-state index contributed by atoms with van der Waals surface area (Å²) in [5.74, 6) is -0.362. The Labute approximate surface area is 147 Å². The molecule has 0 unspecified atom stereocenters. The van der Waals surface area contributed by atoms with Crippen LogP contribution >= 0.6 is 0 Å². The van der Waals surface area contributed by atoms with Gasteiger partial charge in [0.15, 0.2) is 0 Å². The maximum Gasteiger partial charge on any atom is 0.212 e. The Bertz CT molecular complexity index is 833. The standard InChI is InChI=1S/C20H26FN3O/c21-16-10-15-19(11-18(16)23-13-6-2-1-3-7-13)24(12-17(22)20(15)25)14-8-4-5-9-14/h10-14,23H,1-9,22H2. The predicted octanol–water partition coefficient (Wildman–Crippen LogP) is 4.58. The van der Waals surface area contributed by atoms with Crippen molar-refractivity contribution in [2.45, 2.75) is 69.9 Å². The van der Waals surface area contributed by atoms with Crippen molar-refractivity contribution in [3.63, 3.8) is 0 Å². The van der Waals surface area contributed by atoms with E-state index in [9.17, 15) is 9.18 Å². The van der Waals surface area contributed by atoms with Gasteiger partial charge in [0.25, 0.3) is 0 Å². The van der Waals surface area contributed by atoms with E-state index in [1.165, 1.54) is 38.2 Å². The molecule has 25 heavy (non-hydrogen) atoms. The minimum atomic E-state index is -0.362. The van der Waals surface area contributed by atoms with Crippen LogP contribution in [0.15, 0.2) is 23.1 Å². The van der Waals surface area contributed by atoms with Crippen molar-refractivity contribution >= 4 is 22.3 Å². The number of anilines is 2. The summed E-state index contributed by atoms with van der Waals surface area (Å²) < 4.78 is 16.7. The molecule has 4 nitrogen and oxygen atoms in total. The van der Waals surface area contributed by atoms with Gasteiger partial charge in [-0.15, -0.1) is 0 Å². The number of hydrogen-bond acceptors (Lipinski definition) is 3. The number of fused-ring (bicyclic) bond motifs is 1. The first-order chi connectivity index (χ1) is 12.1. The number of pyridine rings is 1. The number of aromatic nitrogens is 1. The third-order valence-electron chi connectivity index (χ3n) is 5.83. The molecule has 0 atom stereocenters. The fourth-order valence-electron chi connectivity index (χ4n) is 4.45. The average molecular weight is 343 g/mol. The van der Waals surface area contributed by atoms with Crippen LogP contribution in [0, 0.1) is 5.82 Å². The smallest absolute Gasteiger partial charge is 0.212 e. The highest BCUT2D eigenvalue weighted by Crippen LogP contribution is 2.34. The fraction of sp³-hybridized carbons (Fsp3) is 0.550. The van der Waals surface area contributed by atoms with Crippen LogP contribution in [0.1, 0.15) is 63.8 Å². The summed E-state index contributed by atoms with van der Waals surface area (Å²) in [5, 5.41) is 3.76. The van der Waals surface area contributed by atoms with Crippen LogP contribution in [0.5, 0.6) is 0 Å². The van der Waals surface area contributed by atoms with Gasteiger partial charge in [-0.1, -0.05) is 32.1 Å². The van der Waals surface area contributed by atoms with Crippen molar-refractivity contribution in [1.29, 1.82) is 0 Å². The monoisotopic (exact) mass is 343 g/mol. The Morgan fingerprint density at radius 1 is 1.04 bits per heavy atom. The predicted molar refractivity (Wildman–Crippen MR) is 101 cm³/mol. The molecule has 134 valence electrons. The van der Waals surface area contributed by atoms with Gasteiger partial charge < -0.3 is 15.6 Å². The molecule has 0 amide bonds. The highest BCUT2D eigenvalue weighted by Gasteiger charge is 2.21. The van der Waals surface area contributed by atoms with Crippen LogP contribution in [0.3, 0.4) is 0 Å². The first-order valence-electron chi connectivity index (χ1n) is 9.54. The van der Waals surface area contributed by atoms with Gasteiger partial charge in [0.2, 0.25) is 5.43 Å². The molecule has 1 aromatic carbocycles. The Kier molecular flexibility index (Phi) is 4.40. The van der Waals surface area contributed by atoms with Crippen LogP contribution in [-0.4, -0.2) is 10.6 Å². The minimum absolute atomic E-state index is 0.201. The van der Waals surface area contributed by atoms with Crippen molar-refractivity contribution < 1.29 is 4.39 Å². The lowest BCUT2D eigenvalue weighted by atomic mass is 9.95. The first-order valence-corrected chi connectivity index (χ1v) is 9.54. The number of nitrogen functional groups attached to an aromatic ring is 1. The highest BCUT2D eigenvalue weighted by atomic mass is 19.1. The van der Waals surface area contributed by atoms with Crippen molar-refractivity contribution in [2.75, 3.05) is 11.1 Å². The molecular formula is C20H26FN3O. The van der Waals surface area contributed by atoms with E-state index in [1.807, 2.05) is 6.07 Å².